The van der Waals surface area contributed by atoms with Crippen molar-refractivity contribution in [2.75, 3.05) is 0 Å². The van der Waals surface area contributed by atoms with Crippen LogP contribution in [0.4, 0.5) is 0 Å². The summed E-state index contributed by atoms with van der Waals surface area (Å²) in [4.78, 5) is 0.181. The van der Waals surface area contributed by atoms with Gasteiger partial charge < -0.3 is 0 Å². The van der Waals surface area contributed by atoms with Gasteiger partial charge in [-0.2, -0.15) is 4.68 Å². The molecule has 0 aliphatic heterocycles. The molecule has 0 atom stereocenters. The number of sulfonamides is 1. The van der Waals surface area contributed by atoms with Gasteiger partial charge in [0.1, 0.15) is 0 Å². The lowest BCUT2D eigenvalue weighted by atomic mass is 10.1. The SMILES string of the molecule is Cc1ccc(-n2nnnc2CNS(=O)(=O)c2ccc(Br)cc2)cc1C. The minimum absolute atomic E-state index is 0.0156. The Hall–Kier alpha value is -2.10. The fourth-order valence-corrected chi connectivity index (χ4v) is 3.47. The quantitative estimate of drug-likeness (QED) is 0.683. The Bertz CT molecular complexity index is 1000. The molecule has 0 saturated heterocycles. The van der Waals surface area contributed by atoms with E-state index >= 15 is 0 Å². The smallest absolute Gasteiger partial charge is 0.207 e. The Kier molecular flexibility index (Phi) is 4.98. The summed E-state index contributed by atoms with van der Waals surface area (Å²) in [6.45, 7) is 4.00. The molecule has 130 valence electrons. The molecule has 2 aromatic carbocycles. The number of nitrogens with one attached hydrogen (secondary N) is 1. The second-order valence-corrected chi connectivity index (χ2v) is 8.24. The largest absolute Gasteiger partial charge is 0.240 e. The Morgan fingerprint density at radius 3 is 2.48 bits per heavy atom. The van der Waals surface area contributed by atoms with Crippen LogP contribution in [0.1, 0.15) is 17.0 Å². The number of rotatable bonds is 5. The number of halogens is 1. The molecule has 3 aromatic rings. The lowest BCUT2D eigenvalue weighted by Gasteiger charge is -2.09. The first-order valence-electron chi connectivity index (χ1n) is 7.47. The molecule has 1 N–H and O–H groups in total. The maximum Gasteiger partial charge on any atom is 0.240 e. The number of hydrogen-bond acceptors (Lipinski definition) is 5. The highest BCUT2D eigenvalue weighted by Crippen LogP contribution is 2.16. The average Bonchev–Trinajstić information content (AvgIpc) is 3.05. The molecule has 0 aliphatic carbocycles. The summed E-state index contributed by atoms with van der Waals surface area (Å²) in [5.74, 6) is 0.406. The molecule has 1 aromatic heterocycles. The van der Waals surface area contributed by atoms with Gasteiger partial charge in [0.05, 0.1) is 17.1 Å². The minimum atomic E-state index is -3.65. The Morgan fingerprint density at radius 1 is 1.08 bits per heavy atom. The summed E-state index contributed by atoms with van der Waals surface area (Å²) < 4.78 is 29.6. The number of nitrogens with zero attached hydrogens (tertiary/aromatic N) is 4. The molecule has 25 heavy (non-hydrogen) atoms. The Morgan fingerprint density at radius 2 is 1.80 bits per heavy atom. The van der Waals surface area contributed by atoms with Crippen molar-refractivity contribution in [3.05, 3.63) is 63.9 Å². The predicted octanol–water partition coefficient (Wildman–Crippen LogP) is 2.52. The van der Waals surface area contributed by atoms with Crippen molar-refractivity contribution in [1.82, 2.24) is 24.9 Å². The van der Waals surface area contributed by atoms with Crippen molar-refractivity contribution in [3.63, 3.8) is 0 Å². The molecule has 3 rings (SSSR count). The molecule has 0 unspecified atom stereocenters. The molecule has 0 amide bonds. The standard InChI is InChI=1S/C16H16BrN5O2S/c1-11-3-6-14(9-12(11)2)22-16(19-20-21-22)10-18-25(23,24)15-7-4-13(17)5-8-15/h3-9,18H,10H2,1-2H3. The van der Waals surface area contributed by atoms with Crippen LogP contribution in [0, 0.1) is 13.8 Å². The highest BCUT2D eigenvalue weighted by Gasteiger charge is 2.16. The lowest BCUT2D eigenvalue weighted by Crippen LogP contribution is -2.25. The van der Waals surface area contributed by atoms with Crippen molar-refractivity contribution in [2.24, 2.45) is 0 Å². The van der Waals surface area contributed by atoms with Gasteiger partial charge >= 0.3 is 0 Å². The number of benzene rings is 2. The second kappa shape index (κ2) is 7.03. The fraction of sp³-hybridized carbons (Fsp3) is 0.188. The number of aryl methyl sites for hydroxylation is 2. The van der Waals surface area contributed by atoms with Crippen LogP contribution in [0.5, 0.6) is 0 Å². The van der Waals surface area contributed by atoms with Crippen LogP contribution in [0.25, 0.3) is 5.69 Å². The molecule has 0 bridgehead atoms. The van der Waals surface area contributed by atoms with E-state index in [-0.39, 0.29) is 11.4 Å². The summed E-state index contributed by atoms with van der Waals surface area (Å²) >= 11 is 3.28. The minimum Gasteiger partial charge on any atom is -0.207 e. The molecule has 7 nitrogen and oxygen atoms in total. The highest BCUT2D eigenvalue weighted by atomic mass is 79.9. The first-order chi connectivity index (χ1) is 11.9. The van der Waals surface area contributed by atoms with Crippen LogP contribution < -0.4 is 4.72 Å². The van der Waals surface area contributed by atoms with E-state index in [0.717, 1.165) is 21.3 Å². The molecule has 0 fully saturated rings. The zero-order valence-electron chi connectivity index (χ0n) is 13.6. The average molecular weight is 422 g/mol. The van der Waals surface area contributed by atoms with Crippen LogP contribution in [0.3, 0.4) is 0 Å². The second-order valence-electron chi connectivity index (χ2n) is 5.55. The summed E-state index contributed by atoms with van der Waals surface area (Å²) in [5.41, 5.74) is 3.05. The molecule has 9 heteroatoms. The molecule has 0 saturated carbocycles. The molecule has 1 heterocycles. The van der Waals surface area contributed by atoms with E-state index in [0.29, 0.717) is 5.82 Å². The van der Waals surface area contributed by atoms with Crippen LogP contribution >= 0.6 is 15.9 Å². The van der Waals surface area contributed by atoms with E-state index in [1.54, 1.807) is 12.1 Å². The molecule has 0 spiro atoms. The van der Waals surface area contributed by atoms with Gasteiger partial charge in [-0.25, -0.2) is 13.1 Å². The van der Waals surface area contributed by atoms with Crippen LogP contribution in [0.15, 0.2) is 51.8 Å². The third-order valence-corrected chi connectivity index (χ3v) is 5.76. The molecular weight excluding hydrogens is 406 g/mol. The van der Waals surface area contributed by atoms with Gasteiger partial charge in [0.25, 0.3) is 0 Å². The van der Waals surface area contributed by atoms with Crippen molar-refractivity contribution in [2.45, 2.75) is 25.3 Å². The van der Waals surface area contributed by atoms with Gasteiger partial charge in [0.15, 0.2) is 5.82 Å². The normalized spacial score (nSPS) is 11.6. The zero-order valence-corrected chi connectivity index (χ0v) is 16.0. The number of tetrazole rings is 1. The highest BCUT2D eigenvalue weighted by molar-refractivity contribution is 9.10. The Balaban J connectivity index is 1.82. The van der Waals surface area contributed by atoms with E-state index in [1.807, 2.05) is 32.0 Å². The van der Waals surface area contributed by atoms with Gasteiger partial charge in [0, 0.05) is 4.47 Å². The van der Waals surface area contributed by atoms with Crippen LogP contribution in [-0.2, 0) is 16.6 Å². The summed E-state index contributed by atoms with van der Waals surface area (Å²) in [5, 5.41) is 11.5. The van der Waals surface area contributed by atoms with Gasteiger partial charge in [-0.15, -0.1) is 5.10 Å². The predicted molar refractivity (Wildman–Crippen MR) is 96.8 cm³/mol. The van der Waals surface area contributed by atoms with Crippen LogP contribution in [-0.4, -0.2) is 28.6 Å². The van der Waals surface area contributed by atoms with E-state index in [2.05, 4.69) is 36.2 Å². The van der Waals surface area contributed by atoms with E-state index in [1.165, 1.54) is 16.8 Å². The topological polar surface area (TPSA) is 89.8 Å². The maximum atomic E-state index is 12.4. The first-order valence-corrected chi connectivity index (χ1v) is 9.74. The van der Waals surface area contributed by atoms with Crippen molar-refractivity contribution in [3.8, 4) is 5.69 Å². The number of aromatic nitrogens is 4. The van der Waals surface area contributed by atoms with E-state index in [9.17, 15) is 8.42 Å². The zero-order chi connectivity index (χ0) is 18.0. The third kappa shape index (κ3) is 3.94. The summed E-state index contributed by atoms with van der Waals surface area (Å²) in [6.07, 6.45) is 0. The number of hydrogen-bond donors (Lipinski definition) is 1. The summed E-state index contributed by atoms with van der Waals surface area (Å²) in [7, 11) is -3.65. The van der Waals surface area contributed by atoms with Gasteiger partial charge in [-0.1, -0.05) is 22.0 Å². The van der Waals surface area contributed by atoms with Crippen molar-refractivity contribution < 1.29 is 8.42 Å². The van der Waals surface area contributed by atoms with Crippen molar-refractivity contribution in [1.29, 1.82) is 0 Å². The van der Waals surface area contributed by atoms with Crippen LogP contribution in [0.2, 0.25) is 0 Å². The molecule has 0 aliphatic rings. The monoisotopic (exact) mass is 421 g/mol. The van der Waals surface area contributed by atoms with Crippen molar-refractivity contribution >= 4 is 26.0 Å². The summed E-state index contributed by atoms with van der Waals surface area (Å²) in [6, 6.07) is 12.2. The van der Waals surface area contributed by atoms with E-state index < -0.39 is 10.0 Å². The van der Waals surface area contributed by atoms with Gasteiger partial charge in [-0.05, 0) is 71.8 Å². The third-order valence-electron chi connectivity index (χ3n) is 3.81. The molecular formula is C16H16BrN5O2S. The Labute approximate surface area is 154 Å². The maximum absolute atomic E-state index is 12.4. The molecule has 0 radical (unpaired) electrons. The first kappa shape index (κ1) is 17.7. The van der Waals surface area contributed by atoms with Gasteiger partial charge in [0.2, 0.25) is 10.0 Å². The van der Waals surface area contributed by atoms with E-state index in [4.69, 9.17) is 0 Å². The van der Waals surface area contributed by atoms with Gasteiger partial charge in [-0.3, -0.25) is 0 Å². The fourth-order valence-electron chi connectivity index (χ4n) is 2.23. The lowest BCUT2D eigenvalue weighted by molar-refractivity contribution is 0.578.